The van der Waals surface area contributed by atoms with Crippen molar-refractivity contribution in [1.82, 2.24) is 5.32 Å². The number of carbonyl (C=O) groups excluding carboxylic acids is 1. The number of rotatable bonds is 31. The van der Waals surface area contributed by atoms with Crippen LogP contribution in [0.15, 0.2) is 12.2 Å². The van der Waals surface area contributed by atoms with Gasteiger partial charge in [-0.1, -0.05) is 122 Å². The average Bonchev–Trinajstić information content (AvgIpc) is 3.28. The summed E-state index contributed by atoms with van der Waals surface area (Å²) in [6, 6.07) is -0.961. The molecular formula is C44H81NO18. The smallest absolute Gasteiger partial charge is 0.220 e. The van der Waals surface area contributed by atoms with Gasteiger partial charge in [-0.2, -0.15) is 0 Å². The van der Waals surface area contributed by atoms with Gasteiger partial charge < -0.3 is 89.9 Å². The molecule has 17 atom stereocenters. The summed E-state index contributed by atoms with van der Waals surface area (Å²) in [7, 11) is 0. The summed E-state index contributed by atoms with van der Waals surface area (Å²) in [5.74, 6) is -0.289. The van der Waals surface area contributed by atoms with Gasteiger partial charge in [0.05, 0.1) is 38.6 Å². The van der Waals surface area contributed by atoms with Crippen LogP contribution in [0.5, 0.6) is 0 Å². The number of hydrogen-bond acceptors (Lipinski definition) is 18. The minimum atomic E-state index is -1.97. The van der Waals surface area contributed by atoms with Crippen molar-refractivity contribution < 1.29 is 89.4 Å². The summed E-state index contributed by atoms with van der Waals surface area (Å²) in [6.45, 7) is 1.44. The van der Waals surface area contributed by atoms with Crippen LogP contribution in [0.4, 0.5) is 0 Å². The summed E-state index contributed by atoms with van der Waals surface area (Å²) in [6.07, 6.45) is -3.65. The molecule has 3 fully saturated rings. The van der Waals surface area contributed by atoms with Gasteiger partial charge in [0.2, 0.25) is 5.91 Å². The molecule has 3 aliphatic rings. The molecule has 3 heterocycles. The molecule has 17 unspecified atom stereocenters. The minimum absolute atomic E-state index is 0.245. The molecule has 370 valence electrons. The molecule has 19 nitrogen and oxygen atoms in total. The van der Waals surface area contributed by atoms with Crippen LogP contribution < -0.4 is 5.32 Å². The Morgan fingerprint density at radius 3 is 1.46 bits per heavy atom. The maximum absolute atomic E-state index is 13.0. The molecule has 3 aliphatic heterocycles. The molecular weight excluding hydrogens is 830 g/mol. The normalized spacial score (nSPS) is 34.9. The predicted molar refractivity (Wildman–Crippen MR) is 227 cm³/mol. The second kappa shape index (κ2) is 30.7. The Bertz CT molecular complexity index is 1230. The Morgan fingerprint density at radius 1 is 0.556 bits per heavy atom. The maximum atomic E-state index is 13.0. The molecule has 0 aromatic heterocycles. The van der Waals surface area contributed by atoms with Crippen molar-refractivity contribution in [2.45, 2.75) is 234 Å². The van der Waals surface area contributed by atoms with Crippen LogP contribution in [0.2, 0.25) is 0 Å². The third-order valence-corrected chi connectivity index (χ3v) is 12.1. The fourth-order valence-corrected chi connectivity index (χ4v) is 8.08. The van der Waals surface area contributed by atoms with E-state index in [1.807, 2.05) is 6.92 Å². The first kappa shape index (κ1) is 55.9. The quantitative estimate of drug-likeness (QED) is 0.0320. The number of ether oxygens (including phenoxy) is 6. The molecule has 0 bridgehead atoms. The fraction of sp³-hybridized carbons (Fsp3) is 0.932. The van der Waals surface area contributed by atoms with E-state index >= 15 is 0 Å². The standard InChI is InChI=1S/C44H81NO18/c1-3-5-7-8-9-10-11-12-13-14-15-16-17-18-20-22-32(50)45-27(28(49)21-19-6-4-2)26-58-42-38(56)35(53)40(30(24-47)60-42)63-44-39(57)36(54)41(31(25-48)61-44)62-43-37(55)34(52)33(51)29(23-46)59-43/h19,21,27-31,33-44,46-49,51-57H,3-18,20,22-26H2,1-2H3,(H,45,50)/b21-19+. The van der Waals surface area contributed by atoms with Gasteiger partial charge in [-0.05, 0) is 12.8 Å². The van der Waals surface area contributed by atoms with E-state index < -0.39 is 124 Å². The molecule has 3 rings (SSSR count). The van der Waals surface area contributed by atoms with Crippen molar-refractivity contribution >= 4 is 5.91 Å². The van der Waals surface area contributed by atoms with Crippen LogP contribution in [0.3, 0.4) is 0 Å². The maximum Gasteiger partial charge on any atom is 0.220 e. The molecule has 12 N–H and O–H groups in total. The van der Waals surface area contributed by atoms with E-state index in [1.165, 1.54) is 70.6 Å². The summed E-state index contributed by atoms with van der Waals surface area (Å²) >= 11 is 0. The first-order valence-electron chi connectivity index (χ1n) is 23.4. The predicted octanol–water partition coefficient (Wildman–Crippen LogP) is -0.0852. The second-order valence-corrected chi connectivity index (χ2v) is 17.2. The molecule has 0 aromatic carbocycles. The zero-order chi connectivity index (χ0) is 46.3. The largest absolute Gasteiger partial charge is 0.394 e. The summed E-state index contributed by atoms with van der Waals surface area (Å²) in [5, 5.41) is 118. The van der Waals surface area contributed by atoms with E-state index in [1.54, 1.807) is 12.2 Å². The minimum Gasteiger partial charge on any atom is -0.394 e. The Kier molecular flexibility index (Phi) is 27.3. The lowest BCUT2D eigenvalue weighted by Crippen LogP contribution is -2.66. The van der Waals surface area contributed by atoms with Crippen molar-refractivity contribution in [1.29, 1.82) is 0 Å². The first-order valence-corrected chi connectivity index (χ1v) is 23.4. The number of aliphatic hydroxyl groups is 11. The van der Waals surface area contributed by atoms with Gasteiger partial charge in [0.15, 0.2) is 18.9 Å². The zero-order valence-corrected chi connectivity index (χ0v) is 37.3. The van der Waals surface area contributed by atoms with Gasteiger partial charge in [-0.15, -0.1) is 0 Å². The highest BCUT2D eigenvalue weighted by atomic mass is 16.8. The van der Waals surface area contributed by atoms with E-state index in [0.717, 1.165) is 25.7 Å². The highest BCUT2D eigenvalue weighted by Gasteiger charge is 2.53. The molecule has 0 radical (unpaired) electrons. The molecule has 19 heteroatoms. The van der Waals surface area contributed by atoms with Crippen LogP contribution in [-0.2, 0) is 33.2 Å². The van der Waals surface area contributed by atoms with Crippen molar-refractivity contribution in [3.63, 3.8) is 0 Å². The van der Waals surface area contributed by atoms with E-state index in [0.29, 0.717) is 12.8 Å². The molecule has 63 heavy (non-hydrogen) atoms. The van der Waals surface area contributed by atoms with Crippen LogP contribution in [0.1, 0.15) is 129 Å². The van der Waals surface area contributed by atoms with Gasteiger partial charge in [0.1, 0.15) is 73.2 Å². The lowest BCUT2D eigenvalue weighted by molar-refractivity contribution is -0.379. The average molecular weight is 912 g/mol. The number of allylic oxidation sites excluding steroid dienone is 1. The molecule has 0 saturated carbocycles. The monoisotopic (exact) mass is 912 g/mol. The third kappa shape index (κ3) is 17.9. The van der Waals surface area contributed by atoms with Crippen LogP contribution in [-0.4, -0.2) is 193 Å². The third-order valence-electron chi connectivity index (χ3n) is 12.1. The molecule has 0 aromatic rings. The number of hydrogen-bond donors (Lipinski definition) is 12. The van der Waals surface area contributed by atoms with Gasteiger partial charge in [0, 0.05) is 6.42 Å². The van der Waals surface area contributed by atoms with Crippen molar-refractivity contribution in [2.24, 2.45) is 0 Å². The number of nitrogens with one attached hydrogen (secondary N) is 1. The summed E-state index contributed by atoms with van der Waals surface area (Å²) < 4.78 is 33.8. The number of aliphatic hydroxyl groups excluding tert-OH is 11. The molecule has 3 saturated heterocycles. The second-order valence-electron chi connectivity index (χ2n) is 17.2. The van der Waals surface area contributed by atoms with Crippen LogP contribution >= 0.6 is 0 Å². The summed E-state index contributed by atoms with van der Waals surface area (Å²) in [4.78, 5) is 13.0. The van der Waals surface area contributed by atoms with Crippen LogP contribution in [0, 0.1) is 0 Å². The Labute approximate surface area is 372 Å². The fourth-order valence-electron chi connectivity index (χ4n) is 8.08. The number of amides is 1. The number of unbranched alkanes of at least 4 members (excludes halogenated alkanes) is 15. The Balaban J connectivity index is 1.49. The zero-order valence-electron chi connectivity index (χ0n) is 37.3. The lowest BCUT2D eigenvalue weighted by Gasteiger charge is -2.48. The lowest BCUT2D eigenvalue weighted by atomic mass is 9.96. The van der Waals surface area contributed by atoms with E-state index in [-0.39, 0.29) is 18.9 Å². The van der Waals surface area contributed by atoms with Crippen molar-refractivity contribution in [3.05, 3.63) is 12.2 Å². The molecule has 0 spiro atoms. The van der Waals surface area contributed by atoms with Crippen LogP contribution in [0.25, 0.3) is 0 Å². The van der Waals surface area contributed by atoms with Crippen molar-refractivity contribution in [3.8, 4) is 0 Å². The summed E-state index contributed by atoms with van der Waals surface area (Å²) in [5.41, 5.74) is 0. The SMILES string of the molecule is CCC/C=C/C(O)C(COC1OC(CO)C(OC2OC(CO)C(OC3OC(CO)C(O)C(O)C3O)C(O)C2O)C(O)C1O)NC(=O)CCCCCCCCCCCCCCCCC. The van der Waals surface area contributed by atoms with E-state index in [2.05, 4.69) is 12.2 Å². The van der Waals surface area contributed by atoms with Crippen molar-refractivity contribution in [2.75, 3.05) is 26.4 Å². The first-order chi connectivity index (χ1) is 30.3. The topological polar surface area (TPSA) is 307 Å². The van der Waals surface area contributed by atoms with Gasteiger partial charge in [0.25, 0.3) is 0 Å². The Morgan fingerprint density at radius 2 is 0.984 bits per heavy atom. The van der Waals surface area contributed by atoms with Gasteiger partial charge in [-0.25, -0.2) is 0 Å². The highest BCUT2D eigenvalue weighted by Crippen LogP contribution is 2.33. The van der Waals surface area contributed by atoms with Gasteiger partial charge >= 0.3 is 0 Å². The molecule has 1 amide bonds. The van der Waals surface area contributed by atoms with E-state index in [4.69, 9.17) is 28.4 Å². The number of carbonyl (C=O) groups is 1. The highest BCUT2D eigenvalue weighted by molar-refractivity contribution is 5.76. The van der Waals surface area contributed by atoms with Gasteiger partial charge in [-0.3, -0.25) is 4.79 Å². The Hall–Kier alpha value is -1.47. The van der Waals surface area contributed by atoms with E-state index in [9.17, 15) is 61.0 Å². The molecule has 0 aliphatic carbocycles.